The van der Waals surface area contributed by atoms with E-state index in [4.69, 9.17) is 0 Å². The van der Waals surface area contributed by atoms with Crippen molar-refractivity contribution in [3.63, 3.8) is 0 Å². The molecule has 0 bridgehead atoms. The molecule has 0 radical (unpaired) electrons. The standard InChI is InChI=1S/C17H23N3S/c1-2-4-17-16(3-1)14(13-21-17)12-19-7-9-20(10-8-19)15-5-6-18-11-15/h1-4,13,15,18H,5-12H2. The fraction of sp³-hybridized carbons (Fsp3) is 0.529. The number of rotatable bonds is 3. The van der Waals surface area contributed by atoms with E-state index in [0.717, 1.165) is 12.6 Å². The van der Waals surface area contributed by atoms with Crippen molar-refractivity contribution in [2.24, 2.45) is 0 Å². The maximum absolute atomic E-state index is 3.48. The van der Waals surface area contributed by atoms with Gasteiger partial charge >= 0.3 is 0 Å². The summed E-state index contributed by atoms with van der Waals surface area (Å²) in [6, 6.07) is 9.57. The molecular formula is C17H23N3S. The van der Waals surface area contributed by atoms with Gasteiger partial charge in [0.2, 0.25) is 0 Å². The third kappa shape index (κ3) is 2.86. The highest BCUT2D eigenvalue weighted by Gasteiger charge is 2.26. The Morgan fingerprint density at radius 1 is 1.14 bits per heavy atom. The maximum atomic E-state index is 3.48. The minimum Gasteiger partial charge on any atom is -0.315 e. The summed E-state index contributed by atoms with van der Waals surface area (Å²) in [7, 11) is 0. The average molecular weight is 301 g/mol. The zero-order valence-corrected chi connectivity index (χ0v) is 13.2. The van der Waals surface area contributed by atoms with Crippen LogP contribution in [0.5, 0.6) is 0 Å². The van der Waals surface area contributed by atoms with Crippen LogP contribution >= 0.6 is 11.3 Å². The van der Waals surface area contributed by atoms with Gasteiger partial charge in [0.25, 0.3) is 0 Å². The van der Waals surface area contributed by atoms with E-state index < -0.39 is 0 Å². The number of nitrogens with one attached hydrogen (secondary N) is 1. The number of thiophene rings is 1. The number of piperazine rings is 1. The number of fused-ring (bicyclic) bond motifs is 1. The highest BCUT2D eigenvalue weighted by atomic mass is 32.1. The first-order valence-corrected chi connectivity index (χ1v) is 8.90. The summed E-state index contributed by atoms with van der Waals surface area (Å²) in [5, 5.41) is 7.28. The van der Waals surface area contributed by atoms with Crippen LogP contribution in [0.4, 0.5) is 0 Å². The molecule has 1 aromatic carbocycles. The molecule has 2 fully saturated rings. The van der Waals surface area contributed by atoms with Gasteiger partial charge in [0.15, 0.2) is 0 Å². The van der Waals surface area contributed by atoms with Gasteiger partial charge in [0.1, 0.15) is 0 Å². The lowest BCUT2D eigenvalue weighted by Crippen LogP contribution is -2.50. The fourth-order valence-electron chi connectivity index (χ4n) is 3.63. The number of hydrogen-bond donors (Lipinski definition) is 1. The minimum absolute atomic E-state index is 0.786. The Labute approximate surface area is 130 Å². The maximum Gasteiger partial charge on any atom is 0.0346 e. The molecule has 3 heterocycles. The number of benzene rings is 1. The Morgan fingerprint density at radius 3 is 2.81 bits per heavy atom. The molecule has 0 saturated carbocycles. The Morgan fingerprint density at radius 2 is 2.00 bits per heavy atom. The van der Waals surface area contributed by atoms with Crippen LogP contribution < -0.4 is 5.32 Å². The normalized spacial score (nSPS) is 24.9. The van der Waals surface area contributed by atoms with Crippen molar-refractivity contribution in [2.45, 2.75) is 19.0 Å². The molecule has 0 spiro atoms. The minimum atomic E-state index is 0.786. The highest BCUT2D eigenvalue weighted by Crippen LogP contribution is 2.27. The van der Waals surface area contributed by atoms with Crippen LogP contribution in [-0.4, -0.2) is 55.1 Å². The lowest BCUT2D eigenvalue weighted by molar-refractivity contribution is 0.0984. The van der Waals surface area contributed by atoms with Crippen LogP contribution in [0.25, 0.3) is 10.1 Å². The van der Waals surface area contributed by atoms with Gasteiger partial charge in [-0.3, -0.25) is 9.80 Å². The Kier molecular flexibility index (Phi) is 3.95. The number of nitrogens with zero attached hydrogens (tertiary/aromatic N) is 2. The monoisotopic (exact) mass is 301 g/mol. The Bertz CT molecular complexity index is 595. The first-order chi connectivity index (χ1) is 10.4. The van der Waals surface area contributed by atoms with E-state index in [0.29, 0.717) is 0 Å². The van der Waals surface area contributed by atoms with Gasteiger partial charge in [-0.05, 0) is 35.4 Å². The van der Waals surface area contributed by atoms with Crippen LogP contribution in [0, 0.1) is 0 Å². The van der Waals surface area contributed by atoms with Gasteiger partial charge in [0.05, 0.1) is 0 Å². The molecule has 2 saturated heterocycles. The van der Waals surface area contributed by atoms with Gasteiger partial charge in [-0.2, -0.15) is 0 Å². The first kappa shape index (κ1) is 13.7. The summed E-state index contributed by atoms with van der Waals surface area (Å²) in [5.41, 5.74) is 1.51. The predicted molar refractivity (Wildman–Crippen MR) is 89.9 cm³/mol. The van der Waals surface area contributed by atoms with Gasteiger partial charge in [-0.1, -0.05) is 18.2 Å². The topological polar surface area (TPSA) is 18.5 Å². The lowest BCUT2D eigenvalue weighted by Gasteiger charge is -2.37. The third-order valence-electron chi connectivity index (χ3n) is 4.91. The van der Waals surface area contributed by atoms with Gasteiger partial charge in [0, 0.05) is 50.0 Å². The average Bonchev–Trinajstić information content (AvgIpc) is 3.19. The second-order valence-electron chi connectivity index (χ2n) is 6.22. The molecular weight excluding hydrogens is 278 g/mol. The Hall–Kier alpha value is -0.940. The quantitative estimate of drug-likeness (QED) is 0.939. The smallest absolute Gasteiger partial charge is 0.0346 e. The summed E-state index contributed by atoms with van der Waals surface area (Å²) < 4.78 is 1.42. The summed E-state index contributed by atoms with van der Waals surface area (Å²) in [4.78, 5) is 5.30. The molecule has 0 aliphatic carbocycles. The van der Waals surface area contributed by atoms with Crippen molar-refractivity contribution >= 4 is 21.4 Å². The molecule has 2 aliphatic heterocycles. The van der Waals surface area contributed by atoms with Crippen molar-refractivity contribution < 1.29 is 0 Å². The summed E-state index contributed by atoms with van der Waals surface area (Å²) in [6.07, 6.45) is 1.33. The van der Waals surface area contributed by atoms with Crippen molar-refractivity contribution in [1.29, 1.82) is 0 Å². The molecule has 1 N–H and O–H groups in total. The lowest BCUT2D eigenvalue weighted by atomic mass is 10.1. The van der Waals surface area contributed by atoms with Crippen molar-refractivity contribution in [3.8, 4) is 0 Å². The van der Waals surface area contributed by atoms with Crippen LogP contribution in [0.1, 0.15) is 12.0 Å². The molecule has 21 heavy (non-hydrogen) atoms. The van der Waals surface area contributed by atoms with E-state index in [2.05, 4.69) is 44.8 Å². The zero-order valence-electron chi connectivity index (χ0n) is 12.4. The fourth-order valence-corrected chi connectivity index (χ4v) is 4.59. The predicted octanol–water partition coefficient (Wildman–Crippen LogP) is 2.38. The van der Waals surface area contributed by atoms with Crippen LogP contribution in [0.15, 0.2) is 29.6 Å². The van der Waals surface area contributed by atoms with E-state index in [1.54, 1.807) is 0 Å². The highest BCUT2D eigenvalue weighted by molar-refractivity contribution is 7.17. The summed E-state index contributed by atoms with van der Waals surface area (Å²) >= 11 is 1.88. The van der Waals surface area contributed by atoms with E-state index >= 15 is 0 Å². The van der Waals surface area contributed by atoms with Crippen molar-refractivity contribution in [1.82, 2.24) is 15.1 Å². The second-order valence-corrected chi connectivity index (χ2v) is 7.13. The third-order valence-corrected chi connectivity index (χ3v) is 5.92. The molecule has 3 nitrogen and oxygen atoms in total. The zero-order chi connectivity index (χ0) is 14.1. The molecule has 1 unspecified atom stereocenters. The van der Waals surface area contributed by atoms with E-state index in [1.165, 1.54) is 61.3 Å². The largest absolute Gasteiger partial charge is 0.315 e. The van der Waals surface area contributed by atoms with E-state index in [9.17, 15) is 0 Å². The molecule has 4 rings (SSSR count). The van der Waals surface area contributed by atoms with Crippen LogP contribution in [0.2, 0.25) is 0 Å². The molecule has 4 heteroatoms. The van der Waals surface area contributed by atoms with Gasteiger partial charge < -0.3 is 5.32 Å². The van der Waals surface area contributed by atoms with Gasteiger partial charge in [-0.25, -0.2) is 0 Å². The molecule has 2 aromatic rings. The summed E-state index contributed by atoms with van der Waals surface area (Å²) in [6.45, 7) is 8.38. The number of hydrogen-bond acceptors (Lipinski definition) is 4. The van der Waals surface area contributed by atoms with Crippen molar-refractivity contribution in [3.05, 3.63) is 35.2 Å². The van der Waals surface area contributed by atoms with Crippen LogP contribution in [0.3, 0.4) is 0 Å². The van der Waals surface area contributed by atoms with Crippen molar-refractivity contribution in [2.75, 3.05) is 39.3 Å². The first-order valence-electron chi connectivity index (χ1n) is 8.02. The van der Waals surface area contributed by atoms with E-state index in [1.807, 2.05) is 11.3 Å². The summed E-state index contributed by atoms with van der Waals surface area (Å²) in [5.74, 6) is 0. The second kappa shape index (κ2) is 6.05. The SMILES string of the molecule is c1ccc2c(CN3CCN(C4CCNC4)CC3)csc2c1. The molecule has 112 valence electrons. The van der Waals surface area contributed by atoms with Gasteiger partial charge in [-0.15, -0.1) is 11.3 Å². The molecule has 1 aromatic heterocycles. The van der Waals surface area contributed by atoms with E-state index in [-0.39, 0.29) is 0 Å². The Balaban J connectivity index is 1.38. The molecule has 1 atom stereocenters. The molecule has 0 amide bonds. The van der Waals surface area contributed by atoms with Crippen LogP contribution in [-0.2, 0) is 6.54 Å². The molecule has 2 aliphatic rings.